The van der Waals surface area contributed by atoms with Crippen molar-refractivity contribution in [1.29, 1.82) is 0 Å². The van der Waals surface area contributed by atoms with Gasteiger partial charge in [0.05, 0.1) is 11.3 Å². The van der Waals surface area contributed by atoms with Gasteiger partial charge in [0, 0.05) is 15.6 Å². The molecule has 2 aromatic heterocycles. The van der Waals surface area contributed by atoms with Crippen molar-refractivity contribution in [3.05, 3.63) is 46.8 Å². The normalized spacial score (nSPS) is 10.8. The van der Waals surface area contributed by atoms with Gasteiger partial charge in [-0.05, 0) is 19.1 Å². The summed E-state index contributed by atoms with van der Waals surface area (Å²) in [5, 5.41) is 7.08. The number of aromatic nitrogens is 2. The minimum Gasteiger partial charge on any atom is -0.469 e. The standard InChI is InChI=1S/C14H12BrN3O/c1-8-6-9(7-19-8)13-12(14(16)18-17-13)10-4-2-3-5-11(10)15/h2-7H,1H3,(H3,16,17,18). The molecule has 3 aromatic rings. The highest BCUT2D eigenvalue weighted by Crippen LogP contribution is 2.38. The van der Waals surface area contributed by atoms with Crippen molar-refractivity contribution in [2.24, 2.45) is 0 Å². The van der Waals surface area contributed by atoms with Gasteiger partial charge >= 0.3 is 0 Å². The highest BCUT2D eigenvalue weighted by Gasteiger charge is 2.17. The topological polar surface area (TPSA) is 67.8 Å². The lowest BCUT2D eigenvalue weighted by Crippen LogP contribution is -1.89. The van der Waals surface area contributed by atoms with Crippen LogP contribution in [0.1, 0.15) is 5.76 Å². The summed E-state index contributed by atoms with van der Waals surface area (Å²) in [5.41, 5.74) is 9.68. The number of nitrogens with zero attached hydrogens (tertiary/aromatic N) is 1. The summed E-state index contributed by atoms with van der Waals surface area (Å²) < 4.78 is 6.33. The molecule has 4 nitrogen and oxygen atoms in total. The molecule has 0 fully saturated rings. The molecule has 0 bridgehead atoms. The van der Waals surface area contributed by atoms with Crippen molar-refractivity contribution in [2.75, 3.05) is 5.73 Å². The highest BCUT2D eigenvalue weighted by molar-refractivity contribution is 9.10. The SMILES string of the molecule is Cc1cc(-c2[nH]nc(N)c2-c2ccccc2Br)co1. The van der Waals surface area contributed by atoms with Crippen molar-refractivity contribution in [3.63, 3.8) is 0 Å². The van der Waals surface area contributed by atoms with Crippen LogP contribution in [0.3, 0.4) is 0 Å². The molecule has 0 aliphatic rings. The monoisotopic (exact) mass is 317 g/mol. The van der Waals surface area contributed by atoms with Crippen molar-refractivity contribution < 1.29 is 4.42 Å². The molecule has 0 amide bonds. The molecule has 19 heavy (non-hydrogen) atoms. The molecule has 2 heterocycles. The van der Waals surface area contributed by atoms with Gasteiger partial charge in [-0.25, -0.2) is 0 Å². The summed E-state index contributed by atoms with van der Waals surface area (Å²) in [4.78, 5) is 0. The Morgan fingerprint density at radius 2 is 2.11 bits per heavy atom. The Hall–Kier alpha value is -2.01. The quantitative estimate of drug-likeness (QED) is 0.751. The van der Waals surface area contributed by atoms with E-state index in [1.807, 2.05) is 37.3 Å². The van der Waals surface area contributed by atoms with Crippen LogP contribution in [-0.2, 0) is 0 Å². The number of nitrogens with one attached hydrogen (secondary N) is 1. The number of hydrogen-bond acceptors (Lipinski definition) is 3. The molecule has 5 heteroatoms. The van der Waals surface area contributed by atoms with E-state index in [4.69, 9.17) is 10.2 Å². The Balaban J connectivity index is 2.22. The van der Waals surface area contributed by atoms with Crippen LogP contribution in [0.25, 0.3) is 22.4 Å². The Labute approximate surface area is 118 Å². The van der Waals surface area contributed by atoms with Gasteiger partial charge in [-0.2, -0.15) is 5.10 Å². The number of halogens is 1. The average Bonchev–Trinajstić information content (AvgIpc) is 2.96. The molecule has 0 saturated heterocycles. The van der Waals surface area contributed by atoms with Gasteiger partial charge in [-0.15, -0.1) is 0 Å². The number of furan rings is 1. The molecule has 1 aromatic carbocycles. The van der Waals surface area contributed by atoms with Crippen molar-refractivity contribution in [2.45, 2.75) is 6.92 Å². The van der Waals surface area contributed by atoms with Gasteiger partial charge in [0.1, 0.15) is 12.0 Å². The first-order chi connectivity index (χ1) is 9.16. The summed E-state index contributed by atoms with van der Waals surface area (Å²) in [6, 6.07) is 9.86. The van der Waals surface area contributed by atoms with Gasteiger partial charge in [-0.3, -0.25) is 5.10 Å². The molecule has 96 valence electrons. The van der Waals surface area contributed by atoms with Gasteiger partial charge in [0.2, 0.25) is 0 Å². The second-order valence-electron chi connectivity index (χ2n) is 4.28. The van der Waals surface area contributed by atoms with Crippen LogP contribution in [0.5, 0.6) is 0 Å². The van der Waals surface area contributed by atoms with E-state index in [9.17, 15) is 0 Å². The zero-order valence-electron chi connectivity index (χ0n) is 10.3. The van der Waals surface area contributed by atoms with Crippen LogP contribution in [-0.4, -0.2) is 10.2 Å². The predicted molar refractivity (Wildman–Crippen MR) is 78.6 cm³/mol. The van der Waals surface area contributed by atoms with Crippen molar-refractivity contribution in [1.82, 2.24) is 10.2 Å². The Morgan fingerprint density at radius 3 is 2.79 bits per heavy atom. The molecule has 3 rings (SSSR count). The van der Waals surface area contributed by atoms with E-state index >= 15 is 0 Å². The maximum atomic E-state index is 5.99. The molecule has 0 aliphatic heterocycles. The zero-order chi connectivity index (χ0) is 13.4. The van der Waals surface area contributed by atoms with Gasteiger partial charge in [0.25, 0.3) is 0 Å². The second kappa shape index (κ2) is 4.59. The summed E-state index contributed by atoms with van der Waals surface area (Å²) in [5.74, 6) is 1.32. The van der Waals surface area contributed by atoms with Crippen LogP contribution in [0.4, 0.5) is 5.82 Å². The van der Waals surface area contributed by atoms with Gasteiger partial charge in [-0.1, -0.05) is 34.1 Å². The second-order valence-corrected chi connectivity index (χ2v) is 5.14. The van der Waals surface area contributed by atoms with E-state index in [0.717, 1.165) is 32.6 Å². The Kier molecular flexibility index (Phi) is 2.91. The van der Waals surface area contributed by atoms with E-state index in [1.54, 1.807) is 6.26 Å². The first-order valence-corrected chi connectivity index (χ1v) is 6.60. The van der Waals surface area contributed by atoms with E-state index in [1.165, 1.54) is 0 Å². The number of aromatic amines is 1. The predicted octanol–water partition coefficient (Wildman–Crippen LogP) is 3.99. The summed E-state index contributed by atoms with van der Waals surface area (Å²) >= 11 is 3.54. The number of aryl methyl sites for hydroxylation is 1. The molecule has 0 atom stereocenters. The van der Waals surface area contributed by atoms with Crippen LogP contribution >= 0.6 is 15.9 Å². The van der Waals surface area contributed by atoms with Gasteiger partial charge in [0.15, 0.2) is 5.82 Å². The average molecular weight is 318 g/mol. The fourth-order valence-electron chi connectivity index (χ4n) is 2.08. The summed E-state index contributed by atoms with van der Waals surface area (Å²) in [6.45, 7) is 1.90. The zero-order valence-corrected chi connectivity index (χ0v) is 11.9. The third-order valence-electron chi connectivity index (χ3n) is 2.96. The maximum Gasteiger partial charge on any atom is 0.153 e. The van der Waals surface area contributed by atoms with Crippen LogP contribution in [0.2, 0.25) is 0 Å². The number of benzene rings is 1. The van der Waals surface area contributed by atoms with E-state index in [2.05, 4.69) is 26.1 Å². The molecular formula is C14H12BrN3O. The minimum absolute atomic E-state index is 0.473. The lowest BCUT2D eigenvalue weighted by molar-refractivity contribution is 0.535. The fourth-order valence-corrected chi connectivity index (χ4v) is 2.56. The molecule has 3 N–H and O–H groups in total. The summed E-state index contributed by atoms with van der Waals surface area (Å²) in [7, 11) is 0. The molecule has 0 saturated carbocycles. The molecule has 0 radical (unpaired) electrons. The smallest absolute Gasteiger partial charge is 0.153 e. The highest BCUT2D eigenvalue weighted by atomic mass is 79.9. The Morgan fingerprint density at radius 1 is 1.32 bits per heavy atom. The number of H-pyrrole nitrogens is 1. The molecule has 0 spiro atoms. The molecular weight excluding hydrogens is 306 g/mol. The van der Waals surface area contributed by atoms with Crippen LogP contribution in [0, 0.1) is 6.92 Å². The first-order valence-electron chi connectivity index (χ1n) is 5.81. The van der Waals surface area contributed by atoms with E-state index in [0.29, 0.717) is 5.82 Å². The fraction of sp³-hybridized carbons (Fsp3) is 0.0714. The lowest BCUT2D eigenvalue weighted by atomic mass is 10.0. The first kappa shape index (κ1) is 12.0. The van der Waals surface area contributed by atoms with E-state index in [-0.39, 0.29) is 0 Å². The maximum absolute atomic E-state index is 5.99. The van der Waals surface area contributed by atoms with Gasteiger partial charge < -0.3 is 10.2 Å². The van der Waals surface area contributed by atoms with E-state index < -0.39 is 0 Å². The number of nitrogens with two attached hydrogens (primary N) is 1. The third-order valence-corrected chi connectivity index (χ3v) is 3.65. The number of rotatable bonds is 2. The summed E-state index contributed by atoms with van der Waals surface area (Å²) in [6.07, 6.45) is 1.70. The number of nitrogen functional groups attached to an aromatic ring is 1. The minimum atomic E-state index is 0.473. The number of anilines is 1. The number of hydrogen-bond donors (Lipinski definition) is 2. The third kappa shape index (κ3) is 2.06. The lowest BCUT2D eigenvalue weighted by Gasteiger charge is -2.05. The van der Waals surface area contributed by atoms with Crippen LogP contribution < -0.4 is 5.73 Å². The van der Waals surface area contributed by atoms with Crippen molar-refractivity contribution >= 4 is 21.7 Å². The largest absolute Gasteiger partial charge is 0.469 e. The van der Waals surface area contributed by atoms with Crippen LogP contribution in [0.15, 0.2) is 45.5 Å². The molecule has 0 aliphatic carbocycles. The van der Waals surface area contributed by atoms with Crippen molar-refractivity contribution in [3.8, 4) is 22.4 Å². The Bertz CT molecular complexity index is 730. The molecule has 0 unspecified atom stereocenters.